The number of amides is 1. The third kappa shape index (κ3) is 2.84. The minimum Gasteiger partial charge on any atom is -0.322 e. The Morgan fingerprint density at radius 2 is 2.23 bits per heavy atom. The van der Waals surface area contributed by atoms with Crippen LogP contribution in [0.15, 0.2) is 22.8 Å². The Hall–Kier alpha value is -1.93. The number of nitrogens with zero attached hydrogens (tertiary/aromatic N) is 4. The van der Waals surface area contributed by atoms with Crippen molar-refractivity contribution >= 4 is 44.9 Å². The van der Waals surface area contributed by atoms with Gasteiger partial charge in [0.2, 0.25) is 5.91 Å². The molecule has 114 valence electrons. The first-order valence-corrected chi connectivity index (χ1v) is 8.54. The monoisotopic (exact) mass is 333 g/mol. The highest BCUT2D eigenvalue weighted by molar-refractivity contribution is 8.00. The highest BCUT2D eigenvalue weighted by atomic mass is 32.2. The average molecular weight is 333 g/mol. The lowest BCUT2D eigenvalue weighted by molar-refractivity contribution is -0.113. The molecular formula is C14H15N5OS2. The summed E-state index contributed by atoms with van der Waals surface area (Å²) in [6, 6.07) is 1.98. The third-order valence-electron chi connectivity index (χ3n) is 3.34. The van der Waals surface area contributed by atoms with Gasteiger partial charge in [0.15, 0.2) is 0 Å². The molecule has 0 spiro atoms. The van der Waals surface area contributed by atoms with Gasteiger partial charge in [0.1, 0.15) is 16.2 Å². The molecule has 8 heteroatoms. The van der Waals surface area contributed by atoms with E-state index in [2.05, 4.69) is 20.4 Å². The second-order valence-corrected chi connectivity index (χ2v) is 6.68. The van der Waals surface area contributed by atoms with E-state index < -0.39 is 0 Å². The first-order valence-electron chi connectivity index (χ1n) is 6.67. The zero-order chi connectivity index (χ0) is 15.7. The SMILES string of the molecule is Cc1nn(C)c(C)c1NC(=O)CSc1ncnc2sccc12. The van der Waals surface area contributed by atoms with E-state index in [0.29, 0.717) is 5.75 Å². The van der Waals surface area contributed by atoms with Crippen LogP contribution in [0.4, 0.5) is 5.69 Å². The fourth-order valence-electron chi connectivity index (χ4n) is 2.15. The van der Waals surface area contributed by atoms with Gasteiger partial charge in [-0.05, 0) is 25.3 Å². The number of aromatic nitrogens is 4. The van der Waals surface area contributed by atoms with Crippen LogP contribution in [0.3, 0.4) is 0 Å². The summed E-state index contributed by atoms with van der Waals surface area (Å²) in [7, 11) is 1.86. The molecule has 0 atom stereocenters. The maximum absolute atomic E-state index is 12.2. The Kier molecular flexibility index (Phi) is 4.12. The molecule has 1 amide bonds. The highest BCUT2D eigenvalue weighted by Crippen LogP contribution is 2.28. The predicted molar refractivity (Wildman–Crippen MR) is 89.5 cm³/mol. The van der Waals surface area contributed by atoms with E-state index in [9.17, 15) is 4.79 Å². The Bertz CT molecular complexity index is 839. The quantitative estimate of drug-likeness (QED) is 0.587. The summed E-state index contributed by atoms with van der Waals surface area (Å²) in [5.74, 6) is 0.238. The number of carbonyl (C=O) groups is 1. The molecule has 22 heavy (non-hydrogen) atoms. The van der Waals surface area contributed by atoms with E-state index in [-0.39, 0.29) is 5.91 Å². The van der Waals surface area contributed by atoms with Crippen molar-refractivity contribution in [3.05, 3.63) is 29.2 Å². The molecule has 0 radical (unpaired) electrons. The zero-order valence-corrected chi connectivity index (χ0v) is 14.1. The van der Waals surface area contributed by atoms with Crippen molar-refractivity contribution in [1.29, 1.82) is 0 Å². The van der Waals surface area contributed by atoms with Crippen LogP contribution in [-0.4, -0.2) is 31.4 Å². The van der Waals surface area contributed by atoms with Gasteiger partial charge in [-0.25, -0.2) is 9.97 Å². The van der Waals surface area contributed by atoms with Crippen LogP contribution in [0, 0.1) is 13.8 Å². The molecule has 3 rings (SSSR count). The number of nitrogens with one attached hydrogen (secondary N) is 1. The van der Waals surface area contributed by atoms with E-state index >= 15 is 0 Å². The fourth-order valence-corrected chi connectivity index (χ4v) is 3.73. The van der Waals surface area contributed by atoms with Crippen LogP contribution in [0.1, 0.15) is 11.4 Å². The molecule has 1 N–H and O–H groups in total. The summed E-state index contributed by atoms with van der Waals surface area (Å²) in [5.41, 5.74) is 2.55. The summed E-state index contributed by atoms with van der Waals surface area (Å²) < 4.78 is 1.76. The number of aryl methyl sites for hydroxylation is 2. The summed E-state index contributed by atoms with van der Waals surface area (Å²) >= 11 is 2.99. The molecule has 3 heterocycles. The average Bonchev–Trinajstić information content (AvgIpc) is 3.06. The van der Waals surface area contributed by atoms with Gasteiger partial charge in [-0.2, -0.15) is 5.10 Å². The first kappa shape index (κ1) is 15.0. The molecule has 0 aliphatic rings. The van der Waals surface area contributed by atoms with E-state index in [1.807, 2.05) is 32.3 Å². The van der Waals surface area contributed by atoms with Crippen LogP contribution in [-0.2, 0) is 11.8 Å². The zero-order valence-electron chi connectivity index (χ0n) is 12.5. The van der Waals surface area contributed by atoms with Crippen LogP contribution in [0.2, 0.25) is 0 Å². The lowest BCUT2D eigenvalue weighted by atomic mass is 10.3. The van der Waals surface area contributed by atoms with Gasteiger partial charge in [0, 0.05) is 12.4 Å². The molecule has 6 nitrogen and oxygen atoms in total. The van der Waals surface area contributed by atoms with Gasteiger partial charge in [0.05, 0.1) is 22.8 Å². The molecule has 0 fully saturated rings. The molecule has 0 saturated carbocycles. The lowest BCUT2D eigenvalue weighted by Gasteiger charge is -2.05. The van der Waals surface area contributed by atoms with E-state index in [0.717, 1.165) is 32.3 Å². The Labute approximate surface area is 136 Å². The molecule has 3 aromatic rings. The predicted octanol–water partition coefficient (Wildman–Crippen LogP) is 2.77. The number of rotatable bonds is 4. The molecular weight excluding hydrogens is 318 g/mol. The van der Waals surface area contributed by atoms with Crippen molar-refractivity contribution in [1.82, 2.24) is 19.7 Å². The summed E-state index contributed by atoms with van der Waals surface area (Å²) in [5, 5.41) is 11.0. The van der Waals surface area contributed by atoms with E-state index in [1.54, 1.807) is 16.0 Å². The number of thiophene rings is 1. The second kappa shape index (κ2) is 6.05. The Balaban J connectivity index is 1.69. The number of hydrogen-bond acceptors (Lipinski definition) is 6. The Morgan fingerprint density at radius 1 is 1.41 bits per heavy atom. The summed E-state index contributed by atoms with van der Waals surface area (Å²) in [6.07, 6.45) is 1.54. The van der Waals surface area contributed by atoms with Gasteiger partial charge in [-0.1, -0.05) is 11.8 Å². The summed E-state index contributed by atoms with van der Waals surface area (Å²) in [4.78, 5) is 21.6. The van der Waals surface area contributed by atoms with Gasteiger partial charge in [-0.15, -0.1) is 11.3 Å². The van der Waals surface area contributed by atoms with Gasteiger partial charge in [-0.3, -0.25) is 9.48 Å². The minimum atomic E-state index is -0.0637. The molecule has 3 aromatic heterocycles. The smallest absolute Gasteiger partial charge is 0.234 e. The Morgan fingerprint density at radius 3 is 2.95 bits per heavy atom. The van der Waals surface area contributed by atoms with Crippen molar-refractivity contribution in [2.75, 3.05) is 11.1 Å². The topological polar surface area (TPSA) is 72.7 Å². The second-order valence-electron chi connectivity index (χ2n) is 4.82. The van der Waals surface area contributed by atoms with Crippen molar-refractivity contribution in [2.45, 2.75) is 18.9 Å². The fraction of sp³-hybridized carbons (Fsp3) is 0.286. The first-order chi connectivity index (χ1) is 10.6. The largest absolute Gasteiger partial charge is 0.322 e. The molecule has 0 saturated heterocycles. The standard InChI is InChI=1S/C14H15N5OS2/c1-8-12(9(2)19(3)18-8)17-11(20)6-22-14-10-4-5-21-13(10)15-7-16-14/h4-5,7H,6H2,1-3H3,(H,17,20). The molecule has 0 aliphatic heterocycles. The van der Waals surface area contributed by atoms with E-state index in [4.69, 9.17) is 0 Å². The van der Waals surface area contributed by atoms with Gasteiger partial charge in [0.25, 0.3) is 0 Å². The molecule has 0 aliphatic carbocycles. The van der Waals surface area contributed by atoms with Crippen LogP contribution in [0.5, 0.6) is 0 Å². The number of carbonyl (C=O) groups excluding carboxylic acids is 1. The number of thioether (sulfide) groups is 1. The van der Waals surface area contributed by atoms with Crippen molar-refractivity contribution in [3.63, 3.8) is 0 Å². The van der Waals surface area contributed by atoms with E-state index in [1.165, 1.54) is 18.1 Å². The van der Waals surface area contributed by atoms with Crippen molar-refractivity contribution in [3.8, 4) is 0 Å². The maximum Gasteiger partial charge on any atom is 0.234 e. The van der Waals surface area contributed by atoms with Crippen molar-refractivity contribution in [2.24, 2.45) is 7.05 Å². The third-order valence-corrected chi connectivity index (χ3v) is 5.16. The number of anilines is 1. The molecule has 0 bridgehead atoms. The highest BCUT2D eigenvalue weighted by Gasteiger charge is 2.13. The van der Waals surface area contributed by atoms with Crippen LogP contribution < -0.4 is 5.32 Å². The number of fused-ring (bicyclic) bond motifs is 1. The lowest BCUT2D eigenvalue weighted by Crippen LogP contribution is -2.15. The normalized spacial score (nSPS) is 11.0. The number of hydrogen-bond donors (Lipinski definition) is 1. The van der Waals surface area contributed by atoms with Crippen LogP contribution in [0.25, 0.3) is 10.2 Å². The van der Waals surface area contributed by atoms with Crippen LogP contribution >= 0.6 is 23.1 Å². The van der Waals surface area contributed by atoms with Gasteiger partial charge >= 0.3 is 0 Å². The van der Waals surface area contributed by atoms with Gasteiger partial charge < -0.3 is 5.32 Å². The minimum absolute atomic E-state index is 0.0637. The molecule has 0 unspecified atom stereocenters. The van der Waals surface area contributed by atoms with Crippen molar-refractivity contribution < 1.29 is 4.79 Å². The maximum atomic E-state index is 12.2. The molecule has 0 aromatic carbocycles. The summed E-state index contributed by atoms with van der Waals surface area (Å²) in [6.45, 7) is 3.82.